The lowest BCUT2D eigenvalue weighted by Crippen LogP contribution is -2.42. The Bertz CT molecular complexity index is 1140. The number of aryl methyl sites for hydroxylation is 1. The average molecular weight is 452 g/mol. The van der Waals surface area contributed by atoms with E-state index in [2.05, 4.69) is 10.3 Å². The van der Waals surface area contributed by atoms with Crippen LogP contribution in [-0.2, 0) is 17.8 Å². The number of hydrogen-bond acceptors (Lipinski definition) is 4. The summed E-state index contributed by atoms with van der Waals surface area (Å²) in [5.74, 6) is 0.806. The molecule has 1 fully saturated rings. The van der Waals surface area contributed by atoms with Crippen LogP contribution in [0.3, 0.4) is 0 Å². The predicted octanol–water partition coefficient (Wildman–Crippen LogP) is 3.90. The maximum absolute atomic E-state index is 12.8. The van der Waals surface area contributed by atoms with E-state index >= 15 is 0 Å². The Kier molecular flexibility index (Phi) is 7.07. The molecule has 0 radical (unpaired) electrons. The van der Waals surface area contributed by atoms with E-state index in [0.717, 1.165) is 47.2 Å². The van der Waals surface area contributed by atoms with Crippen LogP contribution in [0.2, 0.25) is 0 Å². The smallest absolute Gasteiger partial charge is 0.253 e. The summed E-state index contributed by atoms with van der Waals surface area (Å²) in [6, 6.07) is 15.9. The number of benzene rings is 2. The summed E-state index contributed by atoms with van der Waals surface area (Å²) >= 11 is 5.74. The van der Waals surface area contributed by atoms with E-state index in [4.69, 9.17) is 21.7 Å². The zero-order chi connectivity index (χ0) is 22.5. The maximum Gasteiger partial charge on any atom is 0.253 e. The molecular weight excluding hydrogens is 422 g/mol. The van der Waals surface area contributed by atoms with Crippen LogP contribution in [0.5, 0.6) is 5.75 Å². The molecule has 0 bridgehead atoms. The van der Waals surface area contributed by atoms with Crippen LogP contribution in [-0.4, -0.2) is 41.4 Å². The van der Waals surface area contributed by atoms with E-state index in [-0.39, 0.29) is 11.7 Å². The van der Waals surface area contributed by atoms with Crippen molar-refractivity contribution in [1.29, 1.82) is 0 Å². The van der Waals surface area contributed by atoms with Gasteiger partial charge in [-0.1, -0.05) is 24.3 Å². The second kappa shape index (κ2) is 10.1. The molecule has 1 saturated heterocycles. The fourth-order valence-corrected chi connectivity index (χ4v) is 4.16. The van der Waals surface area contributed by atoms with Crippen molar-refractivity contribution in [2.75, 3.05) is 20.3 Å². The van der Waals surface area contributed by atoms with Gasteiger partial charge in [-0.2, -0.15) is 0 Å². The van der Waals surface area contributed by atoms with E-state index in [0.29, 0.717) is 30.3 Å². The van der Waals surface area contributed by atoms with Crippen molar-refractivity contribution in [2.24, 2.45) is 0 Å². The van der Waals surface area contributed by atoms with Crippen molar-refractivity contribution >= 4 is 28.2 Å². The van der Waals surface area contributed by atoms with E-state index in [9.17, 15) is 4.79 Å². The molecule has 168 valence electrons. The number of ether oxygens (including phenoxy) is 2. The van der Waals surface area contributed by atoms with Gasteiger partial charge in [-0.05, 0) is 72.8 Å². The van der Waals surface area contributed by atoms with E-state index < -0.39 is 0 Å². The number of methoxy groups -OCH3 is 1. The molecule has 0 aliphatic carbocycles. The average Bonchev–Trinajstić information content (AvgIpc) is 3.32. The highest BCUT2D eigenvalue weighted by atomic mass is 32.1. The van der Waals surface area contributed by atoms with Gasteiger partial charge in [0.2, 0.25) is 0 Å². The molecular formula is C25H29N3O3S. The van der Waals surface area contributed by atoms with Crippen LogP contribution in [0.25, 0.3) is 10.9 Å². The molecule has 2 N–H and O–H groups in total. The number of fused-ring (bicyclic) bond motifs is 1. The zero-order valence-corrected chi connectivity index (χ0v) is 19.3. The lowest BCUT2D eigenvalue weighted by Gasteiger charge is -2.27. The normalized spacial score (nSPS) is 15.6. The molecule has 1 aromatic heterocycles. The SMILES string of the molecule is COc1ccc(CN(Cc2cc3ccc(C)cc3[nH]c2=O)C(=S)NCC2CCCO2)cc1. The minimum atomic E-state index is -0.0928. The number of pyridine rings is 1. The fourth-order valence-electron chi connectivity index (χ4n) is 3.95. The summed E-state index contributed by atoms with van der Waals surface area (Å²) in [6.07, 6.45) is 2.31. The van der Waals surface area contributed by atoms with Gasteiger partial charge >= 0.3 is 0 Å². The predicted molar refractivity (Wildman–Crippen MR) is 131 cm³/mol. The Balaban J connectivity index is 1.56. The molecule has 2 heterocycles. The first-order chi connectivity index (χ1) is 15.5. The third-order valence-corrected chi connectivity index (χ3v) is 6.17. The quantitative estimate of drug-likeness (QED) is 0.531. The summed E-state index contributed by atoms with van der Waals surface area (Å²) in [5, 5.41) is 4.97. The minimum Gasteiger partial charge on any atom is -0.497 e. The lowest BCUT2D eigenvalue weighted by molar-refractivity contribution is 0.113. The summed E-state index contributed by atoms with van der Waals surface area (Å²) in [4.78, 5) is 17.9. The fraction of sp³-hybridized carbons (Fsp3) is 0.360. The third-order valence-electron chi connectivity index (χ3n) is 5.76. The van der Waals surface area contributed by atoms with Crippen molar-refractivity contribution < 1.29 is 9.47 Å². The number of thiocarbonyl (C=S) groups is 1. The minimum absolute atomic E-state index is 0.0928. The van der Waals surface area contributed by atoms with E-state index in [1.165, 1.54) is 0 Å². The third kappa shape index (κ3) is 5.47. The summed E-state index contributed by atoms with van der Waals surface area (Å²) in [5.41, 5.74) is 3.63. The Morgan fingerprint density at radius 2 is 2.03 bits per heavy atom. The summed E-state index contributed by atoms with van der Waals surface area (Å²) in [6.45, 7) is 4.47. The second-order valence-corrected chi connectivity index (χ2v) is 8.63. The van der Waals surface area contributed by atoms with Gasteiger partial charge in [0.05, 0.1) is 19.8 Å². The molecule has 3 aromatic rings. The van der Waals surface area contributed by atoms with Gasteiger partial charge < -0.3 is 24.7 Å². The largest absolute Gasteiger partial charge is 0.497 e. The molecule has 6 nitrogen and oxygen atoms in total. The number of aromatic amines is 1. The lowest BCUT2D eigenvalue weighted by atomic mass is 10.1. The standard InChI is InChI=1S/C25H29N3O3S/c1-17-5-8-19-13-20(24(29)27-23(19)12-17)16-28(15-18-6-9-21(30-2)10-7-18)25(32)26-14-22-4-3-11-31-22/h5-10,12-13,22H,3-4,11,14-16H2,1-2H3,(H,26,32)(H,27,29). The van der Waals surface area contributed by atoms with Gasteiger partial charge in [-0.3, -0.25) is 4.79 Å². The van der Waals surface area contributed by atoms with Gasteiger partial charge in [0, 0.05) is 30.8 Å². The molecule has 1 unspecified atom stereocenters. The van der Waals surface area contributed by atoms with Crippen LogP contribution in [0, 0.1) is 6.92 Å². The van der Waals surface area contributed by atoms with Crippen LogP contribution in [0.4, 0.5) is 0 Å². The number of aromatic nitrogens is 1. The van der Waals surface area contributed by atoms with Gasteiger partial charge in [0.1, 0.15) is 5.75 Å². The Morgan fingerprint density at radius 3 is 2.75 bits per heavy atom. The van der Waals surface area contributed by atoms with Crippen LogP contribution >= 0.6 is 12.2 Å². The molecule has 1 atom stereocenters. The van der Waals surface area contributed by atoms with Crippen LogP contribution in [0.1, 0.15) is 29.5 Å². The first-order valence-corrected chi connectivity index (χ1v) is 11.3. The van der Waals surface area contributed by atoms with Gasteiger partial charge in [-0.15, -0.1) is 0 Å². The molecule has 0 spiro atoms. The van der Waals surface area contributed by atoms with E-state index in [1.54, 1.807) is 7.11 Å². The highest BCUT2D eigenvalue weighted by molar-refractivity contribution is 7.80. The molecule has 7 heteroatoms. The maximum atomic E-state index is 12.8. The van der Waals surface area contributed by atoms with Crippen molar-refractivity contribution in [2.45, 2.75) is 39.0 Å². The Labute approximate surface area is 193 Å². The molecule has 1 aliphatic heterocycles. The Morgan fingerprint density at radius 1 is 1.22 bits per heavy atom. The molecule has 2 aromatic carbocycles. The van der Waals surface area contributed by atoms with Gasteiger partial charge in [0.15, 0.2) is 5.11 Å². The number of rotatable bonds is 7. The topological polar surface area (TPSA) is 66.6 Å². The highest BCUT2D eigenvalue weighted by Gasteiger charge is 2.18. The number of H-pyrrole nitrogens is 1. The number of nitrogens with one attached hydrogen (secondary N) is 2. The molecule has 0 saturated carbocycles. The van der Waals surface area contributed by atoms with Crippen molar-refractivity contribution in [1.82, 2.24) is 15.2 Å². The number of hydrogen-bond donors (Lipinski definition) is 2. The first kappa shape index (κ1) is 22.3. The van der Waals surface area contributed by atoms with E-state index in [1.807, 2.05) is 60.4 Å². The van der Waals surface area contributed by atoms with Crippen molar-refractivity contribution in [3.8, 4) is 5.75 Å². The summed E-state index contributed by atoms with van der Waals surface area (Å²) < 4.78 is 11.0. The van der Waals surface area contributed by atoms with Crippen molar-refractivity contribution in [3.63, 3.8) is 0 Å². The summed E-state index contributed by atoms with van der Waals surface area (Å²) in [7, 11) is 1.65. The molecule has 32 heavy (non-hydrogen) atoms. The first-order valence-electron chi connectivity index (χ1n) is 10.9. The second-order valence-electron chi connectivity index (χ2n) is 8.24. The molecule has 0 amide bonds. The van der Waals surface area contributed by atoms with Gasteiger partial charge in [-0.25, -0.2) is 0 Å². The monoisotopic (exact) mass is 451 g/mol. The van der Waals surface area contributed by atoms with Crippen LogP contribution < -0.4 is 15.6 Å². The Hall–Kier alpha value is -2.90. The van der Waals surface area contributed by atoms with Crippen LogP contribution in [0.15, 0.2) is 53.3 Å². The molecule has 4 rings (SSSR count). The zero-order valence-electron chi connectivity index (χ0n) is 18.5. The van der Waals surface area contributed by atoms with Gasteiger partial charge in [0.25, 0.3) is 5.56 Å². The number of nitrogens with zero attached hydrogens (tertiary/aromatic N) is 1. The molecule has 1 aliphatic rings. The highest BCUT2D eigenvalue weighted by Crippen LogP contribution is 2.17. The van der Waals surface area contributed by atoms with Crippen molar-refractivity contribution in [3.05, 3.63) is 75.6 Å².